The highest BCUT2D eigenvalue weighted by Gasteiger charge is 2.16. The summed E-state index contributed by atoms with van der Waals surface area (Å²) in [6.45, 7) is 5.42. The Hall–Kier alpha value is -1.46. The topological polar surface area (TPSA) is 32.3 Å². The highest BCUT2D eigenvalue weighted by atomic mass is 32.1. The molecule has 0 radical (unpaired) electrons. The van der Waals surface area contributed by atoms with Gasteiger partial charge in [0.1, 0.15) is 5.82 Å². The highest BCUT2D eigenvalue weighted by molar-refractivity contribution is 7.09. The van der Waals surface area contributed by atoms with Gasteiger partial charge < -0.3 is 4.90 Å². The Labute approximate surface area is 117 Å². The monoisotopic (exact) mass is 274 g/mol. The van der Waals surface area contributed by atoms with E-state index >= 15 is 0 Å². The molecule has 0 amide bonds. The lowest BCUT2D eigenvalue weighted by Gasteiger charge is -2.22. The Bertz CT molecular complexity index is 485. The van der Waals surface area contributed by atoms with E-state index in [1.165, 1.54) is 11.3 Å². The Morgan fingerprint density at radius 3 is 2.95 bits per heavy atom. The Morgan fingerprint density at radius 1 is 1.16 bits per heavy atom. The largest absolute Gasteiger partial charge is 0.355 e. The molecule has 1 saturated heterocycles. The number of aromatic nitrogens is 2. The summed E-state index contributed by atoms with van der Waals surface area (Å²) in [6.07, 6.45) is 5.04. The zero-order valence-electron chi connectivity index (χ0n) is 10.9. The minimum Gasteiger partial charge on any atom is -0.355 e. The molecule has 0 aromatic carbocycles. The average molecular weight is 274 g/mol. The van der Waals surface area contributed by atoms with Gasteiger partial charge in [0.05, 0.1) is 5.51 Å². The predicted molar refractivity (Wildman–Crippen MR) is 78.5 cm³/mol. The van der Waals surface area contributed by atoms with E-state index in [0.717, 1.165) is 38.5 Å². The number of hydrogen-bond donors (Lipinski definition) is 0. The van der Waals surface area contributed by atoms with Gasteiger partial charge in [-0.05, 0) is 18.6 Å². The van der Waals surface area contributed by atoms with Crippen molar-refractivity contribution >= 4 is 17.2 Å². The fraction of sp³-hybridized carbons (Fsp3) is 0.429. The fourth-order valence-electron chi connectivity index (χ4n) is 2.44. The molecule has 5 heteroatoms. The molecule has 3 rings (SSSR count). The third-order valence-electron chi connectivity index (χ3n) is 3.42. The van der Waals surface area contributed by atoms with Crippen molar-refractivity contribution in [1.29, 1.82) is 0 Å². The Kier molecular flexibility index (Phi) is 4.05. The summed E-state index contributed by atoms with van der Waals surface area (Å²) in [7, 11) is 0. The summed E-state index contributed by atoms with van der Waals surface area (Å²) in [4.78, 5) is 14.8. The van der Waals surface area contributed by atoms with Gasteiger partial charge in [-0.25, -0.2) is 4.98 Å². The summed E-state index contributed by atoms with van der Waals surface area (Å²) in [5.74, 6) is 1.10. The van der Waals surface area contributed by atoms with E-state index < -0.39 is 0 Å². The molecule has 1 aliphatic rings. The standard InChI is InChI=1S/C14H18N4S/c1-2-5-16-14(4-1)18-7-3-6-17(8-9-18)11-13-10-15-12-19-13/h1-2,4-5,10,12H,3,6-9,11H2. The number of anilines is 1. The molecule has 0 spiro atoms. The molecule has 0 bridgehead atoms. The minimum atomic E-state index is 1.03. The molecule has 0 unspecified atom stereocenters. The van der Waals surface area contributed by atoms with Crippen molar-refractivity contribution in [2.45, 2.75) is 13.0 Å². The molecule has 1 fully saturated rings. The van der Waals surface area contributed by atoms with E-state index in [1.54, 1.807) is 11.3 Å². The number of thiazole rings is 1. The van der Waals surface area contributed by atoms with Crippen LogP contribution in [0.25, 0.3) is 0 Å². The fourth-order valence-corrected chi connectivity index (χ4v) is 3.08. The number of nitrogens with zero attached hydrogens (tertiary/aromatic N) is 4. The van der Waals surface area contributed by atoms with Crippen LogP contribution < -0.4 is 4.90 Å². The van der Waals surface area contributed by atoms with E-state index in [4.69, 9.17) is 0 Å². The first-order chi connectivity index (χ1) is 9.42. The van der Waals surface area contributed by atoms with Crippen LogP contribution in [0.15, 0.2) is 36.1 Å². The third kappa shape index (κ3) is 3.30. The first-order valence-electron chi connectivity index (χ1n) is 6.67. The lowest BCUT2D eigenvalue weighted by molar-refractivity contribution is 0.288. The van der Waals surface area contributed by atoms with Crippen molar-refractivity contribution in [3.05, 3.63) is 41.0 Å². The molecule has 2 aromatic heterocycles. The molecule has 100 valence electrons. The van der Waals surface area contributed by atoms with Gasteiger partial charge in [-0.2, -0.15) is 0 Å². The zero-order valence-corrected chi connectivity index (χ0v) is 11.7. The quantitative estimate of drug-likeness (QED) is 0.859. The van der Waals surface area contributed by atoms with Gasteiger partial charge in [-0.1, -0.05) is 6.07 Å². The normalized spacial score (nSPS) is 17.4. The highest BCUT2D eigenvalue weighted by Crippen LogP contribution is 2.15. The summed E-state index contributed by atoms with van der Waals surface area (Å²) >= 11 is 1.74. The van der Waals surface area contributed by atoms with Crippen LogP contribution in [0.2, 0.25) is 0 Å². The first-order valence-corrected chi connectivity index (χ1v) is 7.55. The third-order valence-corrected chi connectivity index (χ3v) is 4.19. The molecule has 2 aromatic rings. The van der Waals surface area contributed by atoms with Gasteiger partial charge in [0.2, 0.25) is 0 Å². The van der Waals surface area contributed by atoms with Gasteiger partial charge in [-0.3, -0.25) is 9.88 Å². The predicted octanol–water partition coefficient (Wildman–Crippen LogP) is 2.25. The molecule has 1 aliphatic heterocycles. The maximum Gasteiger partial charge on any atom is 0.128 e. The second-order valence-electron chi connectivity index (χ2n) is 4.77. The van der Waals surface area contributed by atoms with Crippen molar-refractivity contribution < 1.29 is 0 Å². The summed E-state index contributed by atoms with van der Waals surface area (Å²) in [6, 6.07) is 6.12. The van der Waals surface area contributed by atoms with Crippen molar-refractivity contribution in [2.24, 2.45) is 0 Å². The van der Waals surface area contributed by atoms with Crippen molar-refractivity contribution in [2.75, 3.05) is 31.1 Å². The van der Waals surface area contributed by atoms with Gasteiger partial charge >= 0.3 is 0 Å². The van der Waals surface area contributed by atoms with Gasteiger partial charge in [0, 0.05) is 50.0 Å². The first kappa shape index (κ1) is 12.6. The lowest BCUT2D eigenvalue weighted by Crippen LogP contribution is -2.30. The molecular formula is C14H18N4S. The van der Waals surface area contributed by atoms with Crippen molar-refractivity contribution in [1.82, 2.24) is 14.9 Å². The molecule has 0 aliphatic carbocycles. The summed E-state index contributed by atoms with van der Waals surface area (Å²) in [5.41, 5.74) is 1.91. The van der Waals surface area contributed by atoms with Crippen LogP contribution in [0, 0.1) is 0 Å². The Balaban J connectivity index is 1.60. The maximum atomic E-state index is 4.44. The van der Waals surface area contributed by atoms with Crippen LogP contribution in [0.1, 0.15) is 11.3 Å². The molecule has 3 heterocycles. The van der Waals surface area contributed by atoms with E-state index in [1.807, 2.05) is 24.0 Å². The second-order valence-corrected chi connectivity index (χ2v) is 5.74. The molecule has 4 nitrogen and oxygen atoms in total. The second kappa shape index (κ2) is 6.12. The van der Waals surface area contributed by atoms with Crippen LogP contribution in [0.5, 0.6) is 0 Å². The van der Waals surface area contributed by atoms with Gasteiger partial charge in [0.15, 0.2) is 0 Å². The molecule has 0 saturated carbocycles. The van der Waals surface area contributed by atoms with E-state index in [9.17, 15) is 0 Å². The van der Waals surface area contributed by atoms with Gasteiger partial charge in [0.25, 0.3) is 0 Å². The van der Waals surface area contributed by atoms with Crippen LogP contribution in [-0.2, 0) is 6.54 Å². The Morgan fingerprint density at radius 2 is 2.16 bits per heavy atom. The molecular weight excluding hydrogens is 256 g/mol. The molecule has 0 atom stereocenters. The van der Waals surface area contributed by atoms with Gasteiger partial charge in [-0.15, -0.1) is 11.3 Å². The summed E-state index contributed by atoms with van der Waals surface area (Å²) in [5, 5.41) is 0. The van der Waals surface area contributed by atoms with Crippen LogP contribution >= 0.6 is 11.3 Å². The average Bonchev–Trinajstić information content (AvgIpc) is 2.85. The lowest BCUT2D eigenvalue weighted by atomic mass is 10.3. The number of pyridine rings is 1. The van der Waals surface area contributed by atoms with Crippen LogP contribution in [0.3, 0.4) is 0 Å². The molecule has 0 N–H and O–H groups in total. The SMILES string of the molecule is c1ccc(N2CCCN(Cc3cncs3)CC2)nc1. The smallest absolute Gasteiger partial charge is 0.128 e. The van der Waals surface area contributed by atoms with Crippen LogP contribution in [0.4, 0.5) is 5.82 Å². The van der Waals surface area contributed by atoms with E-state index in [0.29, 0.717) is 0 Å². The minimum absolute atomic E-state index is 1.03. The molecule has 19 heavy (non-hydrogen) atoms. The van der Waals surface area contributed by atoms with E-state index in [2.05, 4.69) is 31.9 Å². The maximum absolute atomic E-state index is 4.44. The number of hydrogen-bond acceptors (Lipinski definition) is 5. The number of rotatable bonds is 3. The van der Waals surface area contributed by atoms with Crippen LogP contribution in [-0.4, -0.2) is 41.0 Å². The van der Waals surface area contributed by atoms with E-state index in [-0.39, 0.29) is 0 Å². The van der Waals surface area contributed by atoms with Crippen molar-refractivity contribution in [3.8, 4) is 0 Å². The summed E-state index contributed by atoms with van der Waals surface area (Å²) < 4.78 is 0. The van der Waals surface area contributed by atoms with Crippen molar-refractivity contribution in [3.63, 3.8) is 0 Å². The zero-order chi connectivity index (χ0) is 12.9.